The van der Waals surface area contributed by atoms with Gasteiger partial charge in [0.1, 0.15) is 17.1 Å². The van der Waals surface area contributed by atoms with Crippen LogP contribution < -0.4 is 10.3 Å². The number of aromatic nitrogens is 2. The number of fused-ring (bicyclic) bond motifs is 2. The van der Waals surface area contributed by atoms with Crippen molar-refractivity contribution < 1.29 is 22.0 Å². The summed E-state index contributed by atoms with van der Waals surface area (Å²) in [4.78, 5) is 29.2. The zero-order valence-corrected chi connectivity index (χ0v) is 21.8. The van der Waals surface area contributed by atoms with Gasteiger partial charge in [-0.05, 0) is 60.7 Å². The van der Waals surface area contributed by atoms with E-state index >= 15 is 0 Å². The van der Waals surface area contributed by atoms with Crippen molar-refractivity contribution in [1.29, 1.82) is 0 Å². The van der Waals surface area contributed by atoms with Crippen molar-refractivity contribution in [3.63, 3.8) is 0 Å². The Morgan fingerprint density at radius 2 is 1.68 bits per heavy atom. The summed E-state index contributed by atoms with van der Waals surface area (Å²) in [5.41, 5.74) is 1.40. The molecule has 11 heteroatoms. The minimum absolute atomic E-state index is 0.0545. The van der Waals surface area contributed by atoms with Gasteiger partial charge in [0.2, 0.25) is 11.7 Å². The normalized spacial score (nSPS) is 11.9. The van der Waals surface area contributed by atoms with Crippen LogP contribution in [0.3, 0.4) is 0 Å². The molecule has 1 N–H and O–H groups in total. The first-order valence-corrected chi connectivity index (χ1v) is 13.6. The molecular weight excluding hydrogens is 532 g/mol. The van der Waals surface area contributed by atoms with Gasteiger partial charge in [0, 0.05) is 17.9 Å². The first-order chi connectivity index (χ1) is 19.3. The van der Waals surface area contributed by atoms with E-state index in [1.165, 1.54) is 23.0 Å². The maximum atomic E-state index is 13.4. The van der Waals surface area contributed by atoms with Gasteiger partial charge in [-0.2, -0.15) is 9.78 Å². The minimum Gasteiger partial charge on any atom is -0.455 e. The largest absolute Gasteiger partial charge is 0.455 e. The predicted molar refractivity (Wildman–Crippen MR) is 149 cm³/mol. The van der Waals surface area contributed by atoms with Crippen LogP contribution in [-0.4, -0.2) is 30.2 Å². The van der Waals surface area contributed by atoms with Gasteiger partial charge in [0.25, 0.3) is 15.6 Å². The first-order valence-electron chi connectivity index (χ1n) is 12.1. The summed E-state index contributed by atoms with van der Waals surface area (Å²) >= 11 is 0. The molecule has 1 amide bonds. The molecule has 3 heterocycles. The van der Waals surface area contributed by atoms with Gasteiger partial charge in [-0.15, -0.1) is 0 Å². The highest BCUT2D eigenvalue weighted by Gasteiger charge is 2.17. The lowest BCUT2D eigenvalue weighted by Crippen LogP contribution is -2.28. The lowest BCUT2D eigenvalue weighted by molar-refractivity contribution is -0.117. The van der Waals surface area contributed by atoms with Crippen LogP contribution in [0.25, 0.3) is 44.8 Å². The summed E-state index contributed by atoms with van der Waals surface area (Å²) in [6.07, 6.45) is 1.39. The average molecular weight is 553 g/mol. The Balaban J connectivity index is 1.36. The van der Waals surface area contributed by atoms with Crippen molar-refractivity contribution in [3.05, 3.63) is 107 Å². The quantitative estimate of drug-likeness (QED) is 0.294. The molecule has 3 aromatic heterocycles. The molecular formula is C29H20N4O6S. The molecule has 10 nitrogen and oxygen atoms in total. The molecule has 0 unspecified atom stereocenters. The molecule has 40 heavy (non-hydrogen) atoms. The van der Waals surface area contributed by atoms with E-state index in [1.807, 2.05) is 29.0 Å². The van der Waals surface area contributed by atoms with Crippen molar-refractivity contribution in [2.45, 2.75) is 11.8 Å². The van der Waals surface area contributed by atoms with Gasteiger partial charge in [-0.1, -0.05) is 30.3 Å². The second-order valence-electron chi connectivity index (χ2n) is 8.85. The number of hydrogen-bond acceptors (Lipinski definition) is 8. The molecule has 3 aromatic carbocycles. The molecule has 0 radical (unpaired) electrons. The third kappa shape index (κ3) is 4.69. The third-order valence-electron chi connectivity index (χ3n) is 6.05. The maximum Gasteiger partial charge on any atom is 0.282 e. The van der Waals surface area contributed by atoms with Crippen molar-refractivity contribution in [1.82, 2.24) is 14.4 Å². The van der Waals surface area contributed by atoms with E-state index in [0.717, 1.165) is 12.3 Å². The lowest BCUT2D eigenvalue weighted by atomic mass is 10.2. The number of rotatable bonds is 6. The van der Waals surface area contributed by atoms with E-state index in [1.54, 1.807) is 54.6 Å². The van der Waals surface area contributed by atoms with Crippen LogP contribution in [-0.2, 0) is 14.8 Å². The van der Waals surface area contributed by atoms with Crippen LogP contribution in [0.2, 0.25) is 0 Å². The molecule has 0 aliphatic carbocycles. The highest BCUT2D eigenvalue weighted by atomic mass is 32.2. The molecule has 0 atom stereocenters. The topological polar surface area (TPSA) is 137 Å². The van der Waals surface area contributed by atoms with Crippen molar-refractivity contribution in [3.8, 4) is 22.9 Å². The van der Waals surface area contributed by atoms with E-state index in [0.29, 0.717) is 39.3 Å². The predicted octanol–water partition coefficient (Wildman–Crippen LogP) is 4.78. The zero-order valence-electron chi connectivity index (χ0n) is 20.9. The number of carbonyl (C=O) groups is 1. The maximum absolute atomic E-state index is 13.4. The highest BCUT2D eigenvalue weighted by Crippen LogP contribution is 2.27. The third-order valence-corrected chi connectivity index (χ3v) is 7.50. The number of amides is 1. The number of carbonyl (C=O) groups excluding carboxylic acids is 1. The molecule has 0 aliphatic rings. The van der Waals surface area contributed by atoms with Gasteiger partial charge in [0.05, 0.1) is 22.0 Å². The summed E-state index contributed by atoms with van der Waals surface area (Å²) < 4.78 is 39.3. The SMILES string of the molecule is CC(=O)NS(=O)(=O)c1ccc(-c2ccc(C=Nn3c(-c4cc5ccccc5o4)nc4ccccc4c3=O)o2)cc1. The van der Waals surface area contributed by atoms with Gasteiger partial charge in [0.15, 0.2) is 5.76 Å². The molecule has 0 saturated heterocycles. The standard InChI is InChI=1S/C29H20N4O6S/c1-18(34)32-40(36,37)22-13-10-19(11-14-22)26-15-12-21(38-26)17-30-33-28(27-16-20-6-2-5-9-25(20)39-27)31-24-8-4-3-7-23(24)29(33)35/h2-17H,1H3,(H,32,34). The lowest BCUT2D eigenvalue weighted by Gasteiger charge is -2.07. The number of sulfonamides is 1. The van der Waals surface area contributed by atoms with Crippen molar-refractivity contribution >= 4 is 44.0 Å². The van der Waals surface area contributed by atoms with E-state index in [-0.39, 0.29) is 16.3 Å². The molecule has 0 spiro atoms. The summed E-state index contributed by atoms with van der Waals surface area (Å²) in [5.74, 6) is 0.741. The minimum atomic E-state index is -3.95. The summed E-state index contributed by atoms with van der Waals surface area (Å²) in [7, 11) is -3.95. The number of furan rings is 2. The molecule has 0 aliphatic heterocycles. The van der Waals surface area contributed by atoms with Crippen molar-refractivity contribution in [2.24, 2.45) is 5.10 Å². The molecule has 0 bridgehead atoms. The fourth-order valence-electron chi connectivity index (χ4n) is 4.22. The highest BCUT2D eigenvalue weighted by molar-refractivity contribution is 7.90. The zero-order chi connectivity index (χ0) is 27.9. The first kappa shape index (κ1) is 25.0. The molecule has 6 aromatic rings. The molecule has 0 saturated carbocycles. The van der Waals surface area contributed by atoms with Gasteiger partial charge in [-0.25, -0.2) is 18.1 Å². The van der Waals surface area contributed by atoms with Crippen LogP contribution >= 0.6 is 0 Å². The number of para-hydroxylation sites is 2. The van der Waals surface area contributed by atoms with E-state index in [4.69, 9.17) is 8.83 Å². The fraction of sp³-hybridized carbons (Fsp3) is 0.0345. The molecule has 198 valence electrons. The molecule has 0 fully saturated rings. The van der Waals surface area contributed by atoms with Gasteiger partial charge >= 0.3 is 0 Å². The summed E-state index contributed by atoms with van der Waals surface area (Å²) in [6.45, 7) is 1.12. The fourth-order valence-corrected chi connectivity index (χ4v) is 5.21. The second-order valence-corrected chi connectivity index (χ2v) is 10.5. The Kier molecular flexibility index (Phi) is 6.12. The van der Waals surface area contributed by atoms with E-state index in [2.05, 4.69) is 10.1 Å². The van der Waals surface area contributed by atoms with Gasteiger partial charge < -0.3 is 8.83 Å². The van der Waals surface area contributed by atoms with Crippen LogP contribution in [0.4, 0.5) is 0 Å². The van der Waals surface area contributed by atoms with E-state index < -0.39 is 15.9 Å². The Hall–Kier alpha value is -5.29. The second kappa shape index (κ2) is 9.79. The smallest absolute Gasteiger partial charge is 0.282 e. The number of nitrogens with one attached hydrogen (secondary N) is 1. The summed E-state index contributed by atoms with van der Waals surface area (Å²) in [6, 6.07) is 25.5. The van der Waals surface area contributed by atoms with Crippen LogP contribution in [0.1, 0.15) is 12.7 Å². The Labute approximate surface area is 227 Å². The van der Waals surface area contributed by atoms with Crippen molar-refractivity contribution in [2.75, 3.05) is 0 Å². The Morgan fingerprint density at radius 1 is 0.925 bits per heavy atom. The van der Waals surface area contributed by atoms with Crippen LogP contribution in [0.15, 0.2) is 115 Å². The number of hydrogen-bond donors (Lipinski definition) is 1. The summed E-state index contributed by atoms with van der Waals surface area (Å²) in [5, 5.41) is 5.66. The molecule has 6 rings (SSSR count). The monoisotopic (exact) mass is 552 g/mol. The van der Waals surface area contributed by atoms with Crippen LogP contribution in [0, 0.1) is 0 Å². The van der Waals surface area contributed by atoms with E-state index in [9.17, 15) is 18.0 Å². The number of benzene rings is 3. The Bertz CT molecular complexity index is 2070. The van der Waals surface area contributed by atoms with Crippen LogP contribution in [0.5, 0.6) is 0 Å². The Morgan fingerprint density at radius 3 is 2.45 bits per heavy atom. The number of nitrogens with zero attached hydrogens (tertiary/aromatic N) is 3. The average Bonchev–Trinajstić information content (AvgIpc) is 3.59. The van der Waals surface area contributed by atoms with Gasteiger partial charge in [-0.3, -0.25) is 9.59 Å².